The Bertz CT molecular complexity index is 294. The average Bonchev–Trinajstić information content (AvgIpc) is 2.64. The second kappa shape index (κ2) is 3.50. The molecule has 2 heterocycles. The molecule has 0 unspecified atom stereocenters. The maximum atomic E-state index is 11.2. The molecule has 0 spiro atoms. The van der Waals surface area contributed by atoms with Crippen molar-refractivity contribution in [2.75, 3.05) is 0 Å². The molecule has 0 aromatic carbocycles. The van der Waals surface area contributed by atoms with Gasteiger partial charge in [-0.3, -0.25) is 4.79 Å². The lowest BCUT2D eigenvalue weighted by Gasteiger charge is -2.06. The molecule has 1 aromatic heterocycles. The second-order valence-electron chi connectivity index (χ2n) is 3.63. The van der Waals surface area contributed by atoms with Crippen LogP contribution in [0.3, 0.4) is 0 Å². The average molecular weight is 195 g/mol. The molecule has 13 heavy (non-hydrogen) atoms. The van der Waals surface area contributed by atoms with Crippen molar-refractivity contribution in [2.24, 2.45) is 5.92 Å². The fraction of sp³-hybridized carbons (Fsp3) is 0.500. The first-order chi connectivity index (χ1) is 6.25. The van der Waals surface area contributed by atoms with Crippen molar-refractivity contribution in [2.45, 2.75) is 25.8 Å². The monoisotopic (exact) mass is 195 g/mol. The van der Waals surface area contributed by atoms with Crippen molar-refractivity contribution in [1.29, 1.82) is 0 Å². The SMILES string of the molecule is C[C@@H]1C[C@@H](Cc2cccs2)NC1=O. The van der Waals surface area contributed by atoms with E-state index in [9.17, 15) is 4.79 Å². The van der Waals surface area contributed by atoms with Crippen molar-refractivity contribution in [3.63, 3.8) is 0 Å². The molecule has 2 atom stereocenters. The van der Waals surface area contributed by atoms with Crippen LogP contribution in [0.15, 0.2) is 17.5 Å². The van der Waals surface area contributed by atoms with Gasteiger partial charge in [-0.05, 0) is 17.9 Å². The van der Waals surface area contributed by atoms with Crippen molar-refractivity contribution in [1.82, 2.24) is 5.32 Å². The van der Waals surface area contributed by atoms with Gasteiger partial charge in [0.15, 0.2) is 0 Å². The summed E-state index contributed by atoms with van der Waals surface area (Å²) in [7, 11) is 0. The van der Waals surface area contributed by atoms with Crippen LogP contribution < -0.4 is 5.32 Å². The Labute approximate surface area is 82.0 Å². The summed E-state index contributed by atoms with van der Waals surface area (Å²) in [6, 6.07) is 4.54. The molecule has 0 bridgehead atoms. The van der Waals surface area contributed by atoms with Crippen LogP contribution in [0.1, 0.15) is 18.2 Å². The summed E-state index contributed by atoms with van der Waals surface area (Å²) in [5.41, 5.74) is 0. The minimum absolute atomic E-state index is 0.199. The smallest absolute Gasteiger partial charge is 0.223 e. The number of amides is 1. The van der Waals surface area contributed by atoms with E-state index in [1.54, 1.807) is 11.3 Å². The highest BCUT2D eigenvalue weighted by molar-refractivity contribution is 7.09. The topological polar surface area (TPSA) is 29.1 Å². The lowest BCUT2D eigenvalue weighted by Crippen LogP contribution is -2.27. The first-order valence-electron chi connectivity index (χ1n) is 4.58. The predicted molar refractivity (Wildman–Crippen MR) is 53.7 cm³/mol. The van der Waals surface area contributed by atoms with Crippen LogP contribution in [0.2, 0.25) is 0 Å². The van der Waals surface area contributed by atoms with Crippen LogP contribution in [0.25, 0.3) is 0 Å². The molecular formula is C10H13NOS. The highest BCUT2D eigenvalue weighted by atomic mass is 32.1. The Morgan fingerprint density at radius 2 is 2.54 bits per heavy atom. The maximum absolute atomic E-state index is 11.2. The van der Waals surface area contributed by atoms with Gasteiger partial charge in [-0.2, -0.15) is 0 Å². The molecule has 0 saturated carbocycles. The molecule has 0 radical (unpaired) electrons. The lowest BCUT2D eigenvalue weighted by molar-refractivity contribution is -0.122. The van der Waals surface area contributed by atoms with E-state index in [1.165, 1.54) is 4.88 Å². The van der Waals surface area contributed by atoms with Gasteiger partial charge in [-0.1, -0.05) is 13.0 Å². The van der Waals surface area contributed by atoms with Gasteiger partial charge in [0.1, 0.15) is 0 Å². The summed E-state index contributed by atoms with van der Waals surface area (Å²) >= 11 is 1.76. The third-order valence-corrected chi connectivity index (χ3v) is 3.36. The Hall–Kier alpha value is -0.830. The number of rotatable bonds is 2. The molecule has 2 rings (SSSR count). The number of thiophene rings is 1. The van der Waals surface area contributed by atoms with Gasteiger partial charge >= 0.3 is 0 Å². The molecule has 3 heteroatoms. The second-order valence-corrected chi connectivity index (χ2v) is 4.66. The molecule has 1 saturated heterocycles. The highest BCUT2D eigenvalue weighted by Crippen LogP contribution is 2.20. The standard InChI is InChI=1S/C10H13NOS/c1-7-5-8(11-10(7)12)6-9-3-2-4-13-9/h2-4,7-8H,5-6H2,1H3,(H,11,12)/t7-,8+/m1/s1. The third-order valence-electron chi connectivity index (χ3n) is 2.46. The van der Waals surface area contributed by atoms with Gasteiger partial charge in [0.05, 0.1) is 0 Å². The summed E-state index contributed by atoms with van der Waals surface area (Å²) < 4.78 is 0. The minimum Gasteiger partial charge on any atom is -0.353 e. The van der Waals surface area contributed by atoms with E-state index in [1.807, 2.05) is 6.92 Å². The molecule has 1 fully saturated rings. The van der Waals surface area contributed by atoms with E-state index in [-0.39, 0.29) is 11.8 Å². The van der Waals surface area contributed by atoms with Gasteiger partial charge in [0.25, 0.3) is 0 Å². The quantitative estimate of drug-likeness (QED) is 0.766. The highest BCUT2D eigenvalue weighted by Gasteiger charge is 2.28. The first-order valence-corrected chi connectivity index (χ1v) is 5.46. The van der Waals surface area contributed by atoms with Gasteiger partial charge in [-0.25, -0.2) is 0 Å². The van der Waals surface area contributed by atoms with E-state index >= 15 is 0 Å². The summed E-state index contributed by atoms with van der Waals surface area (Å²) in [5.74, 6) is 0.409. The third kappa shape index (κ3) is 1.91. The van der Waals surface area contributed by atoms with E-state index < -0.39 is 0 Å². The maximum Gasteiger partial charge on any atom is 0.223 e. The van der Waals surface area contributed by atoms with Crippen molar-refractivity contribution >= 4 is 17.2 Å². The number of carbonyl (C=O) groups is 1. The molecule has 1 N–H and O–H groups in total. The molecule has 1 amide bonds. The zero-order valence-corrected chi connectivity index (χ0v) is 8.43. The molecule has 1 aromatic rings. The Balaban J connectivity index is 1.94. The summed E-state index contributed by atoms with van der Waals surface area (Å²) in [6.07, 6.45) is 1.98. The van der Waals surface area contributed by atoms with Crippen molar-refractivity contribution in [3.8, 4) is 0 Å². The summed E-state index contributed by atoms with van der Waals surface area (Å²) in [5, 5.41) is 5.09. The van der Waals surface area contributed by atoms with E-state index in [2.05, 4.69) is 22.8 Å². The van der Waals surface area contributed by atoms with Gasteiger partial charge in [-0.15, -0.1) is 11.3 Å². The number of hydrogen-bond acceptors (Lipinski definition) is 2. The van der Waals surface area contributed by atoms with E-state index in [4.69, 9.17) is 0 Å². The first kappa shape index (κ1) is 8.75. The zero-order valence-electron chi connectivity index (χ0n) is 7.62. The van der Waals surface area contributed by atoms with Gasteiger partial charge < -0.3 is 5.32 Å². The molecule has 2 nitrogen and oxygen atoms in total. The number of carbonyl (C=O) groups excluding carboxylic acids is 1. The summed E-state index contributed by atoms with van der Waals surface area (Å²) in [6.45, 7) is 1.99. The van der Waals surface area contributed by atoms with Crippen LogP contribution in [0, 0.1) is 5.92 Å². The Morgan fingerprint density at radius 3 is 3.08 bits per heavy atom. The van der Waals surface area contributed by atoms with Crippen LogP contribution in [0.4, 0.5) is 0 Å². The fourth-order valence-corrected chi connectivity index (χ4v) is 2.53. The van der Waals surface area contributed by atoms with Crippen LogP contribution >= 0.6 is 11.3 Å². The van der Waals surface area contributed by atoms with E-state index in [0.717, 1.165) is 12.8 Å². The molecular weight excluding hydrogens is 182 g/mol. The Kier molecular flexibility index (Phi) is 2.36. The molecule has 70 valence electrons. The van der Waals surface area contributed by atoms with Gasteiger partial charge in [0, 0.05) is 23.3 Å². The van der Waals surface area contributed by atoms with Crippen LogP contribution in [-0.2, 0) is 11.2 Å². The largest absolute Gasteiger partial charge is 0.353 e. The molecule has 1 aliphatic rings. The predicted octanol–water partition coefficient (Wildman–Crippen LogP) is 1.82. The van der Waals surface area contributed by atoms with Crippen molar-refractivity contribution in [3.05, 3.63) is 22.4 Å². The van der Waals surface area contributed by atoms with Gasteiger partial charge in [0.2, 0.25) is 5.91 Å². The molecule has 0 aliphatic carbocycles. The Morgan fingerprint density at radius 1 is 1.69 bits per heavy atom. The zero-order chi connectivity index (χ0) is 9.26. The van der Waals surface area contributed by atoms with E-state index in [0.29, 0.717) is 6.04 Å². The van der Waals surface area contributed by atoms with Crippen LogP contribution in [0.5, 0.6) is 0 Å². The molecule has 1 aliphatic heterocycles. The number of nitrogens with one attached hydrogen (secondary N) is 1. The normalized spacial score (nSPS) is 27.6. The van der Waals surface area contributed by atoms with Crippen LogP contribution in [-0.4, -0.2) is 11.9 Å². The minimum atomic E-state index is 0.199. The summed E-state index contributed by atoms with van der Waals surface area (Å²) in [4.78, 5) is 12.6. The number of hydrogen-bond donors (Lipinski definition) is 1. The lowest BCUT2D eigenvalue weighted by atomic mass is 10.1. The fourth-order valence-electron chi connectivity index (χ4n) is 1.74. The van der Waals surface area contributed by atoms with Crippen molar-refractivity contribution < 1.29 is 4.79 Å².